The third-order valence-electron chi connectivity index (χ3n) is 6.46. The van der Waals surface area contributed by atoms with E-state index in [4.69, 9.17) is 0 Å². The Hall–Kier alpha value is -4.81. The highest BCUT2D eigenvalue weighted by Gasteiger charge is 2.45. The molecule has 1 saturated heterocycles. The van der Waals surface area contributed by atoms with Gasteiger partial charge in [-0.2, -0.15) is 5.10 Å². The number of imidazole rings is 1. The summed E-state index contributed by atoms with van der Waals surface area (Å²) < 4.78 is 2.77. The Morgan fingerprint density at radius 3 is 2.65 bits per heavy atom. The molecule has 5 heterocycles. The van der Waals surface area contributed by atoms with E-state index in [2.05, 4.69) is 36.2 Å². The number of β-lactam (4-membered cyclic amide) rings is 1. The topological polar surface area (TPSA) is 151 Å². The molecule has 13 nitrogen and oxygen atoms in total. The van der Waals surface area contributed by atoms with Crippen molar-refractivity contribution in [1.29, 1.82) is 0 Å². The van der Waals surface area contributed by atoms with Crippen molar-refractivity contribution in [3.63, 3.8) is 0 Å². The minimum atomic E-state index is -0.545. The molecule has 1 saturated carbocycles. The number of anilines is 3. The van der Waals surface area contributed by atoms with Gasteiger partial charge in [0.1, 0.15) is 11.7 Å². The molecule has 0 spiro atoms. The molecule has 6 rings (SSSR count). The van der Waals surface area contributed by atoms with Crippen LogP contribution in [0, 0.1) is 6.92 Å². The van der Waals surface area contributed by atoms with E-state index in [1.807, 2.05) is 6.92 Å². The van der Waals surface area contributed by atoms with E-state index in [9.17, 15) is 14.4 Å². The van der Waals surface area contributed by atoms with E-state index < -0.39 is 11.9 Å². The fourth-order valence-electron chi connectivity index (χ4n) is 4.30. The maximum absolute atomic E-state index is 13.1. The Morgan fingerprint density at radius 1 is 1.11 bits per heavy atom. The Kier molecular flexibility index (Phi) is 5.32. The normalized spacial score (nSPS) is 17.0. The SMILES string of the molecule is CNc1cc(Nc2cccn(-c3ccc(C)nn3)c2=O)nn2c(C(=O)N[C@@H]3CN(C4CC4)C3=O)cnc12. The predicted octanol–water partition coefficient (Wildman–Crippen LogP) is 0.867. The van der Waals surface area contributed by atoms with Crippen LogP contribution in [0.25, 0.3) is 11.5 Å². The summed E-state index contributed by atoms with van der Waals surface area (Å²) in [6.45, 7) is 2.33. The van der Waals surface area contributed by atoms with Crippen molar-refractivity contribution < 1.29 is 9.59 Å². The van der Waals surface area contributed by atoms with E-state index in [1.54, 1.807) is 48.5 Å². The van der Waals surface area contributed by atoms with Gasteiger partial charge in [-0.3, -0.25) is 19.0 Å². The lowest BCUT2D eigenvalue weighted by Gasteiger charge is -2.38. The van der Waals surface area contributed by atoms with Crippen molar-refractivity contribution in [2.45, 2.75) is 31.8 Å². The number of carbonyl (C=O) groups is 2. The first-order valence-corrected chi connectivity index (χ1v) is 11.9. The predicted molar refractivity (Wildman–Crippen MR) is 134 cm³/mol. The van der Waals surface area contributed by atoms with E-state index >= 15 is 0 Å². The number of rotatable bonds is 7. The summed E-state index contributed by atoms with van der Waals surface area (Å²) in [5.74, 6) is 0.189. The van der Waals surface area contributed by atoms with E-state index in [0.717, 1.165) is 18.5 Å². The summed E-state index contributed by atoms with van der Waals surface area (Å²) in [6, 6.07) is 8.29. The first-order chi connectivity index (χ1) is 17.9. The summed E-state index contributed by atoms with van der Waals surface area (Å²) in [7, 11) is 1.72. The van der Waals surface area contributed by atoms with Gasteiger partial charge in [0, 0.05) is 25.4 Å². The molecule has 4 aromatic rings. The Morgan fingerprint density at radius 2 is 1.95 bits per heavy atom. The number of aryl methyl sites for hydroxylation is 1. The highest BCUT2D eigenvalue weighted by molar-refractivity contribution is 5.99. The van der Waals surface area contributed by atoms with Gasteiger partial charge in [0.05, 0.1) is 24.1 Å². The molecule has 2 amide bonds. The Labute approximate surface area is 210 Å². The Bertz CT molecular complexity index is 1590. The standard InChI is InChI=1S/C24H24N10O3/c1-13-5-8-20(30-29-13)32-9-3-4-15(23(32)36)27-19-10-16(25-2)21-26-11-18(34(21)31-19)22(35)28-17-12-33(24(17)37)14-6-7-14/h3-5,8-11,14,17,25H,6-7,12H2,1-2H3,(H,27,31)(H,28,35)/t17-/m1/s1. The first kappa shape index (κ1) is 22.6. The minimum Gasteiger partial charge on any atom is -0.385 e. The maximum Gasteiger partial charge on any atom is 0.280 e. The molecule has 1 aliphatic carbocycles. The molecule has 37 heavy (non-hydrogen) atoms. The van der Waals surface area contributed by atoms with Crippen molar-refractivity contribution in [3.8, 4) is 5.82 Å². The molecule has 1 aliphatic heterocycles. The molecule has 2 aliphatic rings. The van der Waals surface area contributed by atoms with E-state index in [1.165, 1.54) is 15.3 Å². The fraction of sp³-hybridized carbons (Fsp3) is 0.292. The lowest BCUT2D eigenvalue weighted by atomic mass is 10.1. The number of nitrogens with zero attached hydrogens (tertiary/aromatic N) is 7. The smallest absolute Gasteiger partial charge is 0.280 e. The zero-order chi connectivity index (χ0) is 25.7. The Balaban J connectivity index is 1.29. The number of nitrogens with one attached hydrogen (secondary N) is 3. The van der Waals surface area contributed by atoms with Gasteiger partial charge in [0.2, 0.25) is 5.91 Å². The van der Waals surface area contributed by atoms with Gasteiger partial charge in [0.15, 0.2) is 23.0 Å². The van der Waals surface area contributed by atoms with Crippen LogP contribution in [0.15, 0.2) is 47.5 Å². The van der Waals surface area contributed by atoms with Gasteiger partial charge < -0.3 is 20.9 Å². The van der Waals surface area contributed by atoms with E-state index in [0.29, 0.717) is 35.6 Å². The summed E-state index contributed by atoms with van der Waals surface area (Å²) in [6.07, 6.45) is 5.07. The van der Waals surface area contributed by atoms with Gasteiger partial charge >= 0.3 is 0 Å². The maximum atomic E-state index is 13.1. The van der Waals surface area contributed by atoms with Crippen molar-refractivity contribution in [2.24, 2.45) is 0 Å². The zero-order valence-electron chi connectivity index (χ0n) is 20.2. The number of carbonyl (C=O) groups excluding carboxylic acids is 2. The van der Waals surface area contributed by atoms with Crippen LogP contribution in [-0.4, -0.2) is 71.8 Å². The number of pyridine rings is 1. The molecule has 0 aromatic carbocycles. The second-order valence-corrected chi connectivity index (χ2v) is 9.07. The largest absolute Gasteiger partial charge is 0.385 e. The molecule has 0 radical (unpaired) electrons. The molecular formula is C24H24N10O3. The summed E-state index contributed by atoms with van der Waals surface area (Å²) in [5.41, 5.74) is 1.85. The number of amides is 2. The molecule has 1 atom stereocenters. The third-order valence-corrected chi connectivity index (χ3v) is 6.46. The van der Waals surface area contributed by atoms with Gasteiger partial charge in [-0.15, -0.1) is 10.2 Å². The number of likely N-dealkylation sites (tertiary alicyclic amines) is 1. The van der Waals surface area contributed by atoms with Crippen LogP contribution in [0.1, 0.15) is 29.0 Å². The van der Waals surface area contributed by atoms with Gasteiger partial charge in [-0.25, -0.2) is 9.50 Å². The van der Waals surface area contributed by atoms with Crippen molar-refractivity contribution in [2.75, 3.05) is 24.2 Å². The van der Waals surface area contributed by atoms with Crippen molar-refractivity contribution in [1.82, 2.24) is 39.6 Å². The molecule has 13 heteroatoms. The van der Waals surface area contributed by atoms with Gasteiger partial charge in [0.25, 0.3) is 11.5 Å². The molecule has 4 aromatic heterocycles. The van der Waals surface area contributed by atoms with E-state index in [-0.39, 0.29) is 22.8 Å². The molecule has 188 valence electrons. The molecule has 0 bridgehead atoms. The van der Waals surface area contributed by atoms with Crippen molar-refractivity contribution >= 4 is 34.7 Å². The average molecular weight is 501 g/mol. The molecule has 2 fully saturated rings. The summed E-state index contributed by atoms with van der Waals surface area (Å²) in [4.78, 5) is 44.7. The van der Waals surface area contributed by atoms with Crippen LogP contribution < -0.4 is 21.5 Å². The third kappa shape index (κ3) is 4.03. The number of aromatic nitrogens is 6. The summed E-state index contributed by atoms with van der Waals surface area (Å²) in [5, 5.41) is 21.5. The lowest BCUT2D eigenvalue weighted by molar-refractivity contribution is -0.144. The number of fused-ring (bicyclic) bond motifs is 1. The van der Waals surface area contributed by atoms with Crippen LogP contribution in [0.2, 0.25) is 0 Å². The minimum absolute atomic E-state index is 0.0606. The second kappa shape index (κ2) is 8.69. The number of hydrogen-bond donors (Lipinski definition) is 3. The van der Waals surface area contributed by atoms with Crippen LogP contribution in [0.5, 0.6) is 0 Å². The lowest BCUT2D eigenvalue weighted by Crippen LogP contribution is -2.64. The molecule has 3 N–H and O–H groups in total. The number of hydrogen-bond acceptors (Lipinski definition) is 9. The molecular weight excluding hydrogens is 476 g/mol. The van der Waals surface area contributed by atoms with Crippen molar-refractivity contribution in [3.05, 3.63) is 64.5 Å². The van der Waals surface area contributed by atoms with Crippen LogP contribution >= 0.6 is 0 Å². The highest BCUT2D eigenvalue weighted by atomic mass is 16.2. The monoisotopic (exact) mass is 500 g/mol. The quantitative estimate of drug-likeness (QED) is 0.314. The van der Waals surface area contributed by atoms with Crippen LogP contribution in [0.4, 0.5) is 17.2 Å². The van der Waals surface area contributed by atoms with Crippen LogP contribution in [0.3, 0.4) is 0 Å². The zero-order valence-corrected chi connectivity index (χ0v) is 20.2. The van der Waals surface area contributed by atoms with Crippen LogP contribution in [-0.2, 0) is 4.79 Å². The second-order valence-electron chi connectivity index (χ2n) is 9.07. The average Bonchev–Trinajstić information content (AvgIpc) is 3.64. The summed E-state index contributed by atoms with van der Waals surface area (Å²) >= 11 is 0. The fourth-order valence-corrected chi connectivity index (χ4v) is 4.30. The van der Waals surface area contributed by atoms with Gasteiger partial charge in [-0.1, -0.05) is 0 Å². The first-order valence-electron chi connectivity index (χ1n) is 11.9. The highest BCUT2D eigenvalue weighted by Crippen LogP contribution is 2.31. The molecule has 0 unspecified atom stereocenters. The van der Waals surface area contributed by atoms with Gasteiger partial charge in [-0.05, 0) is 44.0 Å².